The van der Waals surface area contributed by atoms with Crippen LogP contribution in [0.4, 0.5) is 23.5 Å². The van der Waals surface area contributed by atoms with Crippen LogP contribution in [0, 0.1) is 0 Å². The summed E-state index contributed by atoms with van der Waals surface area (Å²) < 4.78 is 16.4. The first-order valence-corrected chi connectivity index (χ1v) is 12.1. The SMILES string of the molecule is COc1ccc(Nc2nc(NCc3ccco3)nc(N/N=C\c3ccc(-c4ccc(Cl)cc4Cl)o3)n2)cc1. The smallest absolute Gasteiger partial charge is 0.250 e. The van der Waals surface area contributed by atoms with E-state index in [1.165, 1.54) is 6.21 Å². The summed E-state index contributed by atoms with van der Waals surface area (Å²) in [5.74, 6) is 3.40. The maximum absolute atomic E-state index is 6.28. The van der Waals surface area contributed by atoms with Crippen molar-refractivity contribution < 1.29 is 13.6 Å². The number of furan rings is 2. The molecule has 38 heavy (non-hydrogen) atoms. The molecule has 5 aromatic rings. The van der Waals surface area contributed by atoms with Crippen LogP contribution in [0.25, 0.3) is 11.3 Å². The Morgan fingerprint density at radius 1 is 0.947 bits per heavy atom. The van der Waals surface area contributed by atoms with Crippen molar-refractivity contribution in [3.05, 3.63) is 94.6 Å². The molecule has 192 valence electrons. The van der Waals surface area contributed by atoms with Gasteiger partial charge >= 0.3 is 0 Å². The van der Waals surface area contributed by atoms with E-state index in [0.29, 0.717) is 40.0 Å². The quantitative estimate of drug-likeness (QED) is 0.127. The van der Waals surface area contributed by atoms with Gasteiger partial charge in [-0.2, -0.15) is 20.1 Å². The highest BCUT2D eigenvalue weighted by atomic mass is 35.5. The number of aromatic nitrogens is 3. The number of benzene rings is 2. The molecule has 0 radical (unpaired) electrons. The van der Waals surface area contributed by atoms with Crippen molar-refractivity contribution in [3.8, 4) is 17.1 Å². The average Bonchev–Trinajstić information content (AvgIpc) is 3.61. The largest absolute Gasteiger partial charge is 0.497 e. The van der Waals surface area contributed by atoms with Crippen molar-refractivity contribution in [1.29, 1.82) is 0 Å². The van der Waals surface area contributed by atoms with Gasteiger partial charge in [0.1, 0.15) is 23.0 Å². The Hall–Kier alpha value is -4.54. The van der Waals surface area contributed by atoms with Crippen LogP contribution >= 0.6 is 23.2 Å². The van der Waals surface area contributed by atoms with Crippen LogP contribution in [0.3, 0.4) is 0 Å². The molecule has 5 rings (SSSR count). The fraction of sp³-hybridized carbons (Fsp3) is 0.0769. The summed E-state index contributed by atoms with van der Waals surface area (Å²) in [5.41, 5.74) is 4.31. The number of hydrazone groups is 1. The minimum absolute atomic E-state index is 0.210. The molecule has 0 atom stereocenters. The van der Waals surface area contributed by atoms with Crippen LogP contribution < -0.4 is 20.8 Å². The minimum atomic E-state index is 0.210. The molecule has 3 aromatic heterocycles. The number of anilines is 4. The highest BCUT2D eigenvalue weighted by molar-refractivity contribution is 6.36. The van der Waals surface area contributed by atoms with Gasteiger partial charge in [0.05, 0.1) is 31.2 Å². The molecular formula is C26H21Cl2N7O3. The van der Waals surface area contributed by atoms with Gasteiger partial charge in [-0.1, -0.05) is 23.2 Å². The van der Waals surface area contributed by atoms with Gasteiger partial charge in [-0.05, 0) is 66.7 Å². The maximum Gasteiger partial charge on any atom is 0.250 e. The summed E-state index contributed by atoms with van der Waals surface area (Å²) in [7, 11) is 1.61. The summed E-state index contributed by atoms with van der Waals surface area (Å²) in [6, 6.07) is 19.8. The zero-order valence-corrected chi connectivity index (χ0v) is 21.5. The van der Waals surface area contributed by atoms with E-state index in [1.807, 2.05) is 36.4 Å². The van der Waals surface area contributed by atoms with E-state index in [-0.39, 0.29) is 5.95 Å². The molecule has 2 aromatic carbocycles. The average molecular weight is 550 g/mol. The van der Waals surface area contributed by atoms with E-state index in [9.17, 15) is 0 Å². The van der Waals surface area contributed by atoms with Crippen LogP contribution in [0.15, 0.2) is 86.9 Å². The fourth-order valence-electron chi connectivity index (χ4n) is 3.35. The summed E-state index contributed by atoms with van der Waals surface area (Å²) >= 11 is 12.3. The summed E-state index contributed by atoms with van der Waals surface area (Å²) in [4.78, 5) is 13.2. The third kappa shape index (κ3) is 6.41. The van der Waals surface area contributed by atoms with Crippen LogP contribution in [0.2, 0.25) is 10.0 Å². The lowest BCUT2D eigenvalue weighted by atomic mass is 10.2. The molecule has 0 spiro atoms. The molecule has 0 fully saturated rings. The zero-order valence-electron chi connectivity index (χ0n) is 20.0. The Morgan fingerprint density at radius 3 is 2.53 bits per heavy atom. The van der Waals surface area contributed by atoms with Crippen LogP contribution in [-0.2, 0) is 6.54 Å². The van der Waals surface area contributed by atoms with E-state index in [1.54, 1.807) is 43.7 Å². The number of nitrogens with one attached hydrogen (secondary N) is 3. The van der Waals surface area contributed by atoms with Gasteiger partial charge in [0.2, 0.25) is 17.8 Å². The van der Waals surface area contributed by atoms with Crippen molar-refractivity contribution in [3.63, 3.8) is 0 Å². The Morgan fingerprint density at radius 2 is 1.76 bits per heavy atom. The lowest BCUT2D eigenvalue weighted by Gasteiger charge is -2.10. The van der Waals surface area contributed by atoms with Gasteiger partial charge in [0.15, 0.2) is 0 Å². The second-order valence-corrected chi connectivity index (χ2v) is 8.63. The predicted octanol–water partition coefficient (Wildman–Crippen LogP) is 6.84. The highest BCUT2D eigenvalue weighted by Gasteiger charge is 2.10. The summed E-state index contributed by atoms with van der Waals surface area (Å²) in [6.45, 7) is 0.393. The van der Waals surface area contributed by atoms with E-state index in [0.717, 1.165) is 22.8 Å². The van der Waals surface area contributed by atoms with Gasteiger partial charge in [0.25, 0.3) is 0 Å². The number of halogens is 2. The van der Waals surface area contributed by atoms with E-state index in [4.69, 9.17) is 36.8 Å². The second-order valence-electron chi connectivity index (χ2n) is 7.79. The minimum Gasteiger partial charge on any atom is -0.497 e. The van der Waals surface area contributed by atoms with Crippen molar-refractivity contribution in [2.45, 2.75) is 6.54 Å². The molecule has 0 amide bonds. The summed E-state index contributed by atoms with van der Waals surface area (Å²) in [5, 5.41) is 11.5. The molecule has 10 nitrogen and oxygen atoms in total. The van der Waals surface area contributed by atoms with Crippen molar-refractivity contribution in [2.75, 3.05) is 23.2 Å². The van der Waals surface area contributed by atoms with Crippen LogP contribution in [-0.4, -0.2) is 28.3 Å². The predicted molar refractivity (Wildman–Crippen MR) is 148 cm³/mol. The first-order valence-electron chi connectivity index (χ1n) is 11.3. The number of hydrogen-bond acceptors (Lipinski definition) is 10. The Kier molecular flexibility index (Phi) is 7.72. The van der Waals surface area contributed by atoms with E-state index < -0.39 is 0 Å². The topological polar surface area (TPSA) is 123 Å². The van der Waals surface area contributed by atoms with Crippen LogP contribution in [0.5, 0.6) is 5.75 Å². The Bertz CT molecular complexity index is 1540. The fourth-order valence-corrected chi connectivity index (χ4v) is 3.86. The van der Waals surface area contributed by atoms with Gasteiger partial charge in [-0.25, -0.2) is 5.43 Å². The van der Waals surface area contributed by atoms with Gasteiger partial charge in [-0.3, -0.25) is 0 Å². The first kappa shape index (κ1) is 25.1. The second kappa shape index (κ2) is 11.7. The number of rotatable bonds is 10. The third-order valence-corrected chi connectivity index (χ3v) is 5.71. The van der Waals surface area contributed by atoms with E-state index in [2.05, 4.69) is 36.1 Å². The molecule has 0 aliphatic heterocycles. The Balaban J connectivity index is 1.32. The van der Waals surface area contributed by atoms with Crippen molar-refractivity contribution >= 4 is 52.9 Å². The number of hydrogen-bond donors (Lipinski definition) is 3. The van der Waals surface area contributed by atoms with Gasteiger partial charge in [0, 0.05) is 16.3 Å². The zero-order chi connectivity index (χ0) is 26.3. The number of ether oxygens (including phenoxy) is 1. The monoisotopic (exact) mass is 549 g/mol. The van der Waals surface area contributed by atoms with Crippen molar-refractivity contribution in [2.24, 2.45) is 5.10 Å². The lowest BCUT2D eigenvalue weighted by molar-refractivity contribution is 0.415. The molecule has 12 heteroatoms. The lowest BCUT2D eigenvalue weighted by Crippen LogP contribution is -2.09. The normalized spacial score (nSPS) is 11.0. The van der Waals surface area contributed by atoms with Gasteiger partial charge in [-0.15, -0.1) is 0 Å². The molecular weight excluding hydrogens is 529 g/mol. The molecule has 0 saturated heterocycles. The first-order chi connectivity index (χ1) is 18.6. The van der Waals surface area contributed by atoms with Crippen LogP contribution in [0.1, 0.15) is 11.5 Å². The number of nitrogens with zero attached hydrogens (tertiary/aromatic N) is 4. The molecule has 0 aliphatic rings. The molecule has 0 saturated carbocycles. The summed E-state index contributed by atoms with van der Waals surface area (Å²) in [6.07, 6.45) is 3.10. The van der Waals surface area contributed by atoms with Crippen molar-refractivity contribution in [1.82, 2.24) is 15.0 Å². The van der Waals surface area contributed by atoms with E-state index >= 15 is 0 Å². The number of methoxy groups -OCH3 is 1. The molecule has 3 N–H and O–H groups in total. The maximum atomic E-state index is 6.28. The molecule has 3 heterocycles. The molecule has 0 aliphatic carbocycles. The highest BCUT2D eigenvalue weighted by Crippen LogP contribution is 2.31. The van der Waals surface area contributed by atoms with Gasteiger partial charge < -0.3 is 24.2 Å². The third-order valence-electron chi connectivity index (χ3n) is 5.16. The molecule has 0 bridgehead atoms. The molecule has 0 unspecified atom stereocenters. The Labute approximate surface area is 227 Å². The standard InChI is InChI=1S/C26H21Cl2N7O3/c1-36-18-7-5-17(6-8-18)31-25-32-24(29-14-19-3-2-12-37-19)33-26(34-25)35-30-15-20-9-11-23(38-20)21-10-4-16(27)13-22(21)28/h2-13,15H,14H2,1H3,(H3,29,31,32,33,34,35)/b30-15-.